The van der Waals surface area contributed by atoms with E-state index in [-0.39, 0.29) is 5.92 Å². The third-order valence-corrected chi connectivity index (χ3v) is 4.78. The molecule has 1 fully saturated rings. The zero-order chi connectivity index (χ0) is 18.1. The number of oxazole rings is 1. The maximum absolute atomic E-state index is 9.19. The number of rotatable bonds is 3. The summed E-state index contributed by atoms with van der Waals surface area (Å²) in [6, 6.07) is 10.1. The first-order valence-electron chi connectivity index (χ1n) is 8.68. The first kappa shape index (κ1) is 16.3. The van der Waals surface area contributed by atoms with Crippen molar-refractivity contribution < 1.29 is 8.94 Å². The van der Waals surface area contributed by atoms with Crippen molar-refractivity contribution in [2.24, 2.45) is 0 Å². The standard InChI is InChI=1S/C19H19N5O2/c1-12-5-3-4-6-15(12)17-22-18(26-23-17)14-7-9-24(10-8-14)19-16(11-20)21-13(2)25-19/h3-6,14H,7-10H2,1-2H3. The van der Waals surface area contributed by atoms with E-state index >= 15 is 0 Å². The van der Waals surface area contributed by atoms with Crippen LogP contribution in [0.3, 0.4) is 0 Å². The van der Waals surface area contributed by atoms with E-state index in [0.717, 1.165) is 37.1 Å². The molecule has 1 aliphatic rings. The minimum absolute atomic E-state index is 0.214. The Morgan fingerprint density at radius 1 is 1.15 bits per heavy atom. The topological polar surface area (TPSA) is 92.0 Å². The molecule has 0 bridgehead atoms. The van der Waals surface area contributed by atoms with Crippen LogP contribution in [0.25, 0.3) is 11.4 Å². The van der Waals surface area contributed by atoms with Crippen molar-refractivity contribution in [3.63, 3.8) is 0 Å². The van der Waals surface area contributed by atoms with Gasteiger partial charge in [-0.05, 0) is 25.3 Å². The molecular formula is C19H19N5O2. The zero-order valence-electron chi connectivity index (χ0n) is 14.8. The minimum Gasteiger partial charge on any atom is -0.424 e. The lowest BCUT2D eigenvalue weighted by molar-refractivity contribution is 0.326. The molecule has 26 heavy (non-hydrogen) atoms. The van der Waals surface area contributed by atoms with Gasteiger partial charge in [0.2, 0.25) is 23.3 Å². The minimum atomic E-state index is 0.214. The lowest BCUT2D eigenvalue weighted by Crippen LogP contribution is -2.33. The molecule has 0 N–H and O–H groups in total. The summed E-state index contributed by atoms with van der Waals surface area (Å²) in [5.74, 6) is 2.61. The van der Waals surface area contributed by atoms with Crippen LogP contribution in [0.15, 0.2) is 33.2 Å². The van der Waals surface area contributed by atoms with E-state index < -0.39 is 0 Å². The highest BCUT2D eigenvalue weighted by Crippen LogP contribution is 2.32. The molecule has 7 heteroatoms. The van der Waals surface area contributed by atoms with Crippen LogP contribution in [0, 0.1) is 25.2 Å². The van der Waals surface area contributed by atoms with E-state index in [4.69, 9.17) is 8.94 Å². The number of nitrogens with zero attached hydrogens (tertiary/aromatic N) is 5. The number of hydrogen-bond acceptors (Lipinski definition) is 7. The molecule has 1 saturated heterocycles. The Morgan fingerprint density at radius 3 is 2.65 bits per heavy atom. The highest BCUT2D eigenvalue weighted by atomic mass is 16.5. The van der Waals surface area contributed by atoms with Crippen molar-refractivity contribution in [1.82, 2.24) is 15.1 Å². The molecule has 0 radical (unpaired) electrons. The van der Waals surface area contributed by atoms with Gasteiger partial charge < -0.3 is 13.8 Å². The largest absolute Gasteiger partial charge is 0.424 e. The van der Waals surface area contributed by atoms with Crippen LogP contribution in [-0.4, -0.2) is 28.2 Å². The van der Waals surface area contributed by atoms with Crippen molar-refractivity contribution in [2.75, 3.05) is 18.0 Å². The van der Waals surface area contributed by atoms with E-state index in [0.29, 0.717) is 29.2 Å². The van der Waals surface area contributed by atoms with Gasteiger partial charge in [0, 0.05) is 31.5 Å². The highest BCUT2D eigenvalue weighted by molar-refractivity contribution is 5.59. The van der Waals surface area contributed by atoms with E-state index in [1.807, 2.05) is 31.2 Å². The first-order chi connectivity index (χ1) is 12.7. The predicted molar refractivity (Wildman–Crippen MR) is 94.6 cm³/mol. The van der Waals surface area contributed by atoms with Crippen LogP contribution in [0.2, 0.25) is 0 Å². The van der Waals surface area contributed by atoms with Crippen LogP contribution in [0.5, 0.6) is 0 Å². The Labute approximate surface area is 151 Å². The van der Waals surface area contributed by atoms with Crippen molar-refractivity contribution in [2.45, 2.75) is 32.6 Å². The third-order valence-electron chi connectivity index (χ3n) is 4.78. The monoisotopic (exact) mass is 349 g/mol. The molecule has 1 aliphatic heterocycles. The summed E-state index contributed by atoms with van der Waals surface area (Å²) in [5.41, 5.74) is 2.47. The highest BCUT2D eigenvalue weighted by Gasteiger charge is 2.28. The smallest absolute Gasteiger partial charge is 0.234 e. The van der Waals surface area contributed by atoms with Gasteiger partial charge in [-0.3, -0.25) is 0 Å². The van der Waals surface area contributed by atoms with E-state index in [1.54, 1.807) is 6.92 Å². The van der Waals surface area contributed by atoms with Gasteiger partial charge in [-0.15, -0.1) is 0 Å². The molecule has 2 aromatic heterocycles. The van der Waals surface area contributed by atoms with Crippen molar-refractivity contribution in [3.8, 4) is 17.5 Å². The zero-order valence-corrected chi connectivity index (χ0v) is 14.8. The second-order valence-electron chi connectivity index (χ2n) is 6.53. The summed E-state index contributed by atoms with van der Waals surface area (Å²) >= 11 is 0. The molecule has 132 valence electrons. The molecule has 3 aromatic rings. The fourth-order valence-corrected chi connectivity index (χ4v) is 3.37. The van der Waals surface area contributed by atoms with Crippen molar-refractivity contribution in [1.29, 1.82) is 5.26 Å². The Morgan fingerprint density at radius 2 is 1.92 bits per heavy atom. The van der Waals surface area contributed by atoms with Gasteiger partial charge in [0.1, 0.15) is 6.07 Å². The molecule has 0 atom stereocenters. The number of nitriles is 1. The fraction of sp³-hybridized carbons (Fsp3) is 0.368. The van der Waals surface area contributed by atoms with E-state index in [1.165, 1.54) is 0 Å². The Hall–Kier alpha value is -3.14. The molecule has 4 rings (SSSR count). The molecule has 0 unspecified atom stereocenters. The second-order valence-corrected chi connectivity index (χ2v) is 6.53. The second kappa shape index (κ2) is 6.64. The summed E-state index contributed by atoms with van der Waals surface area (Å²) in [5, 5.41) is 13.4. The quantitative estimate of drug-likeness (QED) is 0.713. The maximum Gasteiger partial charge on any atom is 0.234 e. The van der Waals surface area contributed by atoms with Gasteiger partial charge in [0.05, 0.1) is 0 Å². The summed E-state index contributed by atoms with van der Waals surface area (Å²) in [7, 11) is 0. The van der Waals surface area contributed by atoms with Gasteiger partial charge in [-0.1, -0.05) is 29.4 Å². The molecule has 0 spiro atoms. The number of aryl methyl sites for hydroxylation is 2. The molecule has 0 saturated carbocycles. The Kier molecular flexibility index (Phi) is 4.17. The molecule has 0 aliphatic carbocycles. The van der Waals surface area contributed by atoms with Crippen molar-refractivity contribution >= 4 is 5.88 Å². The van der Waals surface area contributed by atoms with Gasteiger partial charge in [0.15, 0.2) is 5.89 Å². The van der Waals surface area contributed by atoms with Crippen LogP contribution in [0.1, 0.15) is 41.8 Å². The SMILES string of the molecule is Cc1nc(C#N)c(N2CCC(c3nc(-c4ccccc4C)no3)CC2)o1. The average molecular weight is 349 g/mol. The number of aromatic nitrogens is 3. The fourth-order valence-electron chi connectivity index (χ4n) is 3.37. The lowest BCUT2D eigenvalue weighted by atomic mass is 9.96. The maximum atomic E-state index is 9.19. The number of anilines is 1. The van der Waals surface area contributed by atoms with Gasteiger partial charge in [0.25, 0.3) is 0 Å². The lowest BCUT2D eigenvalue weighted by Gasteiger charge is -2.29. The number of hydrogen-bond donors (Lipinski definition) is 0. The van der Waals surface area contributed by atoms with Crippen LogP contribution >= 0.6 is 0 Å². The number of benzene rings is 1. The van der Waals surface area contributed by atoms with Crippen LogP contribution in [-0.2, 0) is 0 Å². The van der Waals surface area contributed by atoms with Crippen LogP contribution in [0.4, 0.5) is 5.88 Å². The predicted octanol–water partition coefficient (Wildman–Crippen LogP) is 3.60. The van der Waals surface area contributed by atoms with Gasteiger partial charge in [-0.2, -0.15) is 10.2 Å². The number of piperidine rings is 1. The molecule has 0 amide bonds. The van der Waals surface area contributed by atoms with Crippen LogP contribution < -0.4 is 4.90 Å². The summed E-state index contributed by atoms with van der Waals surface area (Å²) in [6.07, 6.45) is 1.72. The van der Waals surface area contributed by atoms with Crippen molar-refractivity contribution in [3.05, 3.63) is 47.3 Å². The Bertz CT molecular complexity index is 960. The van der Waals surface area contributed by atoms with E-state index in [9.17, 15) is 5.26 Å². The average Bonchev–Trinajstić information content (AvgIpc) is 3.29. The summed E-state index contributed by atoms with van der Waals surface area (Å²) in [6.45, 7) is 5.31. The molecular weight excluding hydrogens is 330 g/mol. The Balaban J connectivity index is 1.47. The summed E-state index contributed by atoms with van der Waals surface area (Å²) < 4.78 is 11.1. The molecule has 3 heterocycles. The first-order valence-corrected chi connectivity index (χ1v) is 8.68. The van der Waals surface area contributed by atoms with Gasteiger partial charge in [-0.25, -0.2) is 4.98 Å². The normalized spacial score (nSPS) is 15.2. The van der Waals surface area contributed by atoms with Gasteiger partial charge >= 0.3 is 0 Å². The summed E-state index contributed by atoms with van der Waals surface area (Å²) in [4.78, 5) is 10.8. The van der Waals surface area contributed by atoms with E-state index in [2.05, 4.69) is 26.1 Å². The third kappa shape index (κ3) is 2.94. The molecule has 1 aromatic carbocycles. The molecule has 7 nitrogen and oxygen atoms in total.